The molecule has 2 heterocycles. The van der Waals surface area contributed by atoms with Crippen molar-refractivity contribution in [3.05, 3.63) is 62.7 Å². The zero-order valence-electron chi connectivity index (χ0n) is 13.4. The van der Waals surface area contributed by atoms with Gasteiger partial charge in [0, 0.05) is 23.8 Å². The summed E-state index contributed by atoms with van der Waals surface area (Å²) in [6.45, 7) is 1.95. The molecule has 3 aromatic rings. The van der Waals surface area contributed by atoms with Crippen molar-refractivity contribution in [1.29, 1.82) is 0 Å². The summed E-state index contributed by atoms with van der Waals surface area (Å²) in [5.74, 6) is -0.413. The van der Waals surface area contributed by atoms with E-state index in [0.717, 1.165) is 5.69 Å². The molecule has 6 nitrogen and oxygen atoms in total. The minimum atomic E-state index is -0.407. The van der Waals surface area contributed by atoms with E-state index in [1.54, 1.807) is 38.4 Å². The summed E-state index contributed by atoms with van der Waals surface area (Å²) in [4.78, 5) is 12.4. The molecular weight excluding hydrogens is 413 g/mol. The summed E-state index contributed by atoms with van der Waals surface area (Å²) in [7, 11) is 1.69. The second-order valence-corrected chi connectivity index (χ2v) is 6.73. The van der Waals surface area contributed by atoms with E-state index in [1.807, 2.05) is 0 Å². The first-order valence-electron chi connectivity index (χ1n) is 7.33. The number of rotatable bonds is 4. The van der Waals surface area contributed by atoms with Gasteiger partial charge in [-0.15, -0.1) is 0 Å². The van der Waals surface area contributed by atoms with Gasteiger partial charge in [-0.25, -0.2) is 4.39 Å². The van der Waals surface area contributed by atoms with Crippen LogP contribution in [0.25, 0.3) is 0 Å². The lowest BCUT2D eigenvalue weighted by Gasteiger charge is -2.06. The van der Waals surface area contributed by atoms with E-state index >= 15 is 0 Å². The Morgan fingerprint density at radius 1 is 1.40 bits per heavy atom. The van der Waals surface area contributed by atoms with Gasteiger partial charge in [0.15, 0.2) is 5.82 Å². The topological polar surface area (TPSA) is 64.7 Å². The molecule has 9 heteroatoms. The third-order valence-electron chi connectivity index (χ3n) is 3.57. The molecule has 0 radical (unpaired) electrons. The number of aryl methyl sites for hydroxylation is 2. The van der Waals surface area contributed by atoms with E-state index in [2.05, 4.69) is 31.4 Å². The maximum absolute atomic E-state index is 13.9. The Labute approximate surface area is 156 Å². The van der Waals surface area contributed by atoms with E-state index < -0.39 is 5.82 Å². The van der Waals surface area contributed by atoms with Gasteiger partial charge in [-0.05, 0) is 41.1 Å². The third-order valence-corrected chi connectivity index (χ3v) is 4.50. The first-order valence-corrected chi connectivity index (χ1v) is 8.50. The first kappa shape index (κ1) is 17.6. The Kier molecular flexibility index (Phi) is 4.91. The fourth-order valence-electron chi connectivity index (χ4n) is 2.40. The van der Waals surface area contributed by atoms with Crippen molar-refractivity contribution >= 4 is 39.3 Å². The second kappa shape index (κ2) is 6.97. The minimum absolute atomic E-state index is 0.144. The lowest BCUT2D eigenvalue weighted by Crippen LogP contribution is -2.17. The summed E-state index contributed by atoms with van der Waals surface area (Å²) < 4.78 is 17.5. The van der Waals surface area contributed by atoms with Gasteiger partial charge in [0.05, 0.1) is 16.7 Å². The molecule has 25 heavy (non-hydrogen) atoms. The number of anilines is 1. The Morgan fingerprint density at radius 3 is 2.80 bits per heavy atom. The molecule has 130 valence electrons. The van der Waals surface area contributed by atoms with Crippen molar-refractivity contribution in [2.75, 3.05) is 5.32 Å². The first-order chi connectivity index (χ1) is 11.8. The molecule has 0 spiro atoms. The van der Waals surface area contributed by atoms with Gasteiger partial charge in [0.25, 0.3) is 5.91 Å². The number of carbonyl (C=O) groups is 1. The summed E-state index contributed by atoms with van der Waals surface area (Å²) in [6, 6.07) is 6.18. The van der Waals surface area contributed by atoms with Gasteiger partial charge in [-0.1, -0.05) is 17.7 Å². The van der Waals surface area contributed by atoms with Crippen LogP contribution in [0, 0.1) is 12.7 Å². The molecule has 0 atom stereocenters. The molecule has 1 aromatic carbocycles. The monoisotopic (exact) mass is 425 g/mol. The number of aromatic nitrogens is 4. The van der Waals surface area contributed by atoms with Gasteiger partial charge in [0.2, 0.25) is 0 Å². The SMILES string of the molecule is Cc1cc(C(=O)Nc2nn(Cc3c(F)cccc3Cl)cc2Br)n(C)n1. The Balaban J connectivity index is 1.81. The number of carbonyl (C=O) groups excluding carboxylic acids is 1. The van der Waals surface area contributed by atoms with E-state index in [9.17, 15) is 9.18 Å². The standard InChI is InChI=1S/C16H14BrClFN5O/c1-9-6-14(23(2)21-9)16(25)20-15-11(17)8-24(22-15)7-10-12(18)4-3-5-13(10)19/h3-6,8H,7H2,1-2H3,(H,20,22,25). The second-order valence-electron chi connectivity index (χ2n) is 5.47. The maximum atomic E-state index is 13.9. The number of hydrogen-bond donors (Lipinski definition) is 1. The van der Waals surface area contributed by atoms with Crippen LogP contribution < -0.4 is 5.32 Å². The molecule has 1 amide bonds. The molecule has 0 saturated heterocycles. The average molecular weight is 427 g/mol. The van der Waals surface area contributed by atoms with Crippen molar-refractivity contribution in [2.24, 2.45) is 7.05 Å². The summed E-state index contributed by atoms with van der Waals surface area (Å²) >= 11 is 9.38. The van der Waals surface area contributed by atoms with Crippen LogP contribution in [-0.4, -0.2) is 25.5 Å². The van der Waals surface area contributed by atoms with Gasteiger partial charge in [-0.2, -0.15) is 10.2 Å². The number of nitrogens with zero attached hydrogens (tertiary/aromatic N) is 4. The predicted octanol–water partition coefficient (Wildman–Crippen LogP) is 3.78. The fraction of sp³-hybridized carbons (Fsp3) is 0.188. The zero-order valence-corrected chi connectivity index (χ0v) is 15.8. The van der Waals surface area contributed by atoms with Crippen LogP contribution in [0.1, 0.15) is 21.7 Å². The fourth-order valence-corrected chi connectivity index (χ4v) is 3.04. The molecule has 1 N–H and O–H groups in total. The number of hydrogen-bond acceptors (Lipinski definition) is 3. The quantitative estimate of drug-likeness (QED) is 0.690. The number of halogens is 3. The lowest BCUT2D eigenvalue weighted by molar-refractivity contribution is 0.101. The zero-order chi connectivity index (χ0) is 18.1. The minimum Gasteiger partial charge on any atom is -0.303 e. The van der Waals surface area contributed by atoms with Crippen molar-refractivity contribution in [3.8, 4) is 0 Å². The lowest BCUT2D eigenvalue weighted by atomic mass is 10.2. The smallest absolute Gasteiger partial charge is 0.275 e. The highest BCUT2D eigenvalue weighted by molar-refractivity contribution is 9.10. The molecule has 0 aliphatic heterocycles. The number of nitrogens with one attached hydrogen (secondary N) is 1. The Morgan fingerprint density at radius 2 is 2.16 bits per heavy atom. The number of benzene rings is 1. The van der Waals surface area contributed by atoms with Crippen molar-refractivity contribution < 1.29 is 9.18 Å². The van der Waals surface area contributed by atoms with E-state index in [4.69, 9.17) is 11.6 Å². The van der Waals surface area contributed by atoms with Gasteiger partial charge >= 0.3 is 0 Å². The van der Waals surface area contributed by atoms with Crippen molar-refractivity contribution in [2.45, 2.75) is 13.5 Å². The molecule has 3 rings (SSSR count). The van der Waals surface area contributed by atoms with E-state index in [-0.39, 0.29) is 12.5 Å². The van der Waals surface area contributed by atoms with Crippen LogP contribution in [0.2, 0.25) is 5.02 Å². The normalized spacial score (nSPS) is 10.9. The van der Waals surface area contributed by atoms with Crippen LogP contribution in [0.5, 0.6) is 0 Å². The van der Waals surface area contributed by atoms with Gasteiger partial charge in [0.1, 0.15) is 11.5 Å². The van der Waals surface area contributed by atoms with E-state index in [1.165, 1.54) is 15.4 Å². The van der Waals surface area contributed by atoms with Crippen LogP contribution in [-0.2, 0) is 13.6 Å². The molecule has 2 aromatic heterocycles. The summed E-state index contributed by atoms with van der Waals surface area (Å²) in [5.41, 5.74) is 1.49. The third kappa shape index (κ3) is 3.74. The highest BCUT2D eigenvalue weighted by Crippen LogP contribution is 2.24. The van der Waals surface area contributed by atoms with Gasteiger partial charge < -0.3 is 5.32 Å². The van der Waals surface area contributed by atoms with Crippen molar-refractivity contribution in [1.82, 2.24) is 19.6 Å². The molecular formula is C16H14BrClFN5O. The Bertz CT molecular complexity index is 932. The molecule has 0 fully saturated rings. The summed E-state index contributed by atoms with van der Waals surface area (Å²) in [5, 5.41) is 11.4. The highest BCUT2D eigenvalue weighted by atomic mass is 79.9. The maximum Gasteiger partial charge on any atom is 0.275 e. The molecule has 0 aliphatic carbocycles. The largest absolute Gasteiger partial charge is 0.303 e. The average Bonchev–Trinajstić information content (AvgIpc) is 3.05. The van der Waals surface area contributed by atoms with Gasteiger partial charge in [-0.3, -0.25) is 14.2 Å². The van der Waals surface area contributed by atoms with Crippen LogP contribution in [0.4, 0.5) is 10.2 Å². The summed E-state index contributed by atoms with van der Waals surface area (Å²) in [6.07, 6.45) is 1.65. The van der Waals surface area contributed by atoms with E-state index in [0.29, 0.717) is 26.6 Å². The number of amides is 1. The Hall–Kier alpha value is -2.19. The molecule has 0 saturated carbocycles. The van der Waals surface area contributed by atoms with Crippen molar-refractivity contribution in [3.63, 3.8) is 0 Å². The predicted molar refractivity (Wildman–Crippen MR) is 96.3 cm³/mol. The van der Waals surface area contributed by atoms with Crippen LogP contribution in [0.15, 0.2) is 34.9 Å². The molecule has 0 unspecified atom stereocenters. The van der Waals surface area contributed by atoms with Crippen LogP contribution >= 0.6 is 27.5 Å². The van der Waals surface area contributed by atoms with Crippen LogP contribution in [0.3, 0.4) is 0 Å². The molecule has 0 bridgehead atoms. The molecule has 0 aliphatic rings. The highest BCUT2D eigenvalue weighted by Gasteiger charge is 2.16.